The first kappa shape index (κ1) is 23.3. The van der Waals surface area contributed by atoms with Crippen molar-refractivity contribution in [3.63, 3.8) is 0 Å². The van der Waals surface area contributed by atoms with Crippen LogP contribution in [-0.4, -0.2) is 40.9 Å². The van der Waals surface area contributed by atoms with E-state index in [0.29, 0.717) is 5.75 Å². The molecule has 1 aliphatic heterocycles. The minimum atomic E-state index is -0.812. The van der Waals surface area contributed by atoms with Crippen LogP contribution in [0, 0.1) is 6.92 Å². The molecule has 34 heavy (non-hydrogen) atoms. The van der Waals surface area contributed by atoms with Gasteiger partial charge < -0.3 is 19.5 Å². The fourth-order valence-electron chi connectivity index (χ4n) is 4.14. The first-order valence-electron chi connectivity index (χ1n) is 10.5. The number of hydrogen-bond donors (Lipinski definition) is 1. The second-order valence-corrected chi connectivity index (χ2v) is 8.24. The topological polar surface area (TPSA) is 89.0 Å². The van der Waals surface area contributed by atoms with Crippen molar-refractivity contribution in [3.8, 4) is 11.5 Å². The van der Waals surface area contributed by atoms with Crippen molar-refractivity contribution in [3.05, 3.63) is 93.8 Å². The Labute approximate surface area is 202 Å². The number of likely N-dealkylation sites (tertiary alicyclic amines) is 1. The number of Topliss-reactive ketones (excluding diaryl/α,β-unsaturated/α-hetero) is 1. The number of aryl methyl sites for hydroxylation is 1. The van der Waals surface area contributed by atoms with Gasteiger partial charge in [0.1, 0.15) is 17.3 Å². The molecule has 4 rings (SSSR count). The number of ketones is 1. The van der Waals surface area contributed by atoms with E-state index in [0.717, 1.165) is 16.7 Å². The van der Waals surface area contributed by atoms with E-state index in [2.05, 4.69) is 4.98 Å². The zero-order chi connectivity index (χ0) is 24.4. The predicted octanol–water partition coefficient (Wildman–Crippen LogP) is 4.68. The van der Waals surface area contributed by atoms with Crippen LogP contribution in [0.25, 0.3) is 5.76 Å². The highest BCUT2D eigenvalue weighted by Crippen LogP contribution is 2.44. The first-order chi connectivity index (χ1) is 16.4. The smallest absolute Gasteiger partial charge is 0.295 e. The fourth-order valence-corrected chi connectivity index (χ4v) is 4.37. The quantitative estimate of drug-likeness (QED) is 0.314. The van der Waals surface area contributed by atoms with E-state index >= 15 is 0 Å². The van der Waals surface area contributed by atoms with Crippen molar-refractivity contribution in [1.29, 1.82) is 0 Å². The number of rotatable bonds is 6. The van der Waals surface area contributed by atoms with Gasteiger partial charge in [-0.05, 0) is 35.7 Å². The number of hydrogen-bond acceptors (Lipinski definition) is 6. The van der Waals surface area contributed by atoms with Gasteiger partial charge in [0.25, 0.3) is 11.7 Å². The summed E-state index contributed by atoms with van der Waals surface area (Å²) in [6.07, 6.45) is 3.28. The Morgan fingerprint density at radius 3 is 2.47 bits per heavy atom. The summed E-state index contributed by atoms with van der Waals surface area (Å²) in [5, 5.41) is 11.7. The van der Waals surface area contributed by atoms with Crippen molar-refractivity contribution >= 4 is 29.1 Å². The molecule has 1 aromatic heterocycles. The lowest BCUT2D eigenvalue weighted by Crippen LogP contribution is -2.29. The van der Waals surface area contributed by atoms with Crippen molar-refractivity contribution in [2.24, 2.45) is 0 Å². The van der Waals surface area contributed by atoms with Gasteiger partial charge in [-0.25, -0.2) is 0 Å². The van der Waals surface area contributed by atoms with E-state index in [1.807, 2.05) is 37.3 Å². The van der Waals surface area contributed by atoms with Crippen LogP contribution in [0.4, 0.5) is 0 Å². The molecule has 0 spiro atoms. The molecule has 2 aromatic carbocycles. The maximum Gasteiger partial charge on any atom is 0.295 e. The molecule has 1 saturated heterocycles. The Balaban J connectivity index is 1.95. The Hall–Kier alpha value is -3.84. The third-order valence-corrected chi connectivity index (χ3v) is 6.12. The van der Waals surface area contributed by atoms with Gasteiger partial charge in [-0.3, -0.25) is 14.6 Å². The molecule has 0 saturated carbocycles. The number of pyridine rings is 1. The summed E-state index contributed by atoms with van der Waals surface area (Å²) in [5.41, 5.74) is 2.52. The van der Waals surface area contributed by atoms with Gasteiger partial charge in [0.15, 0.2) is 0 Å². The average molecular weight is 479 g/mol. The molecule has 0 aliphatic carbocycles. The summed E-state index contributed by atoms with van der Waals surface area (Å²) < 4.78 is 10.7. The van der Waals surface area contributed by atoms with E-state index in [1.165, 1.54) is 31.3 Å². The minimum Gasteiger partial charge on any atom is -0.507 e. The molecule has 3 aromatic rings. The highest BCUT2D eigenvalue weighted by Gasteiger charge is 2.46. The van der Waals surface area contributed by atoms with Gasteiger partial charge in [-0.15, -0.1) is 0 Å². The predicted molar refractivity (Wildman–Crippen MR) is 128 cm³/mol. The molecule has 7 nitrogen and oxygen atoms in total. The fraction of sp³-hybridized carbons (Fsp3) is 0.192. The Kier molecular flexibility index (Phi) is 6.56. The number of amides is 1. The maximum atomic E-state index is 13.3. The van der Waals surface area contributed by atoms with Gasteiger partial charge in [0, 0.05) is 25.0 Å². The number of benzene rings is 2. The monoisotopic (exact) mass is 478 g/mol. The first-order valence-corrected chi connectivity index (χ1v) is 10.9. The highest BCUT2D eigenvalue weighted by atomic mass is 35.5. The lowest BCUT2D eigenvalue weighted by atomic mass is 9.92. The molecule has 1 unspecified atom stereocenters. The van der Waals surface area contributed by atoms with Crippen LogP contribution in [0.5, 0.6) is 11.5 Å². The molecule has 2 heterocycles. The summed E-state index contributed by atoms with van der Waals surface area (Å²) in [5.74, 6) is -1.33. The number of aliphatic hydroxyl groups is 1. The largest absolute Gasteiger partial charge is 0.507 e. The van der Waals surface area contributed by atoms with Crippen molar-refractivity contribution in [2.75, 3.05) is 14.2 Å². The number of methoxy groups -OCH3 is 2. The van der Waals surface area contributed by atoms with Crippen LogP contribution in [0.2, 0.25) is 5.02 Å². The summed E-state index contributed by atoms with van der Waals surface area (Å²) >= 11 is 6.22. The number of nitrogens with zero attached hydrogens (tertiary/aromatic N) is 2. The van der Waals surface area contributed by atoms with Gasteiger partial charge >= 0.3 is 0 Å². The van der Waals surface area contributed by atoms with Crippen LogP contribution < -0.4 is 9.47 Å². The second-order valence-electron chi connectivity index (χ2n) is 7.83. The normalized spacial score (nSPS) is 17.2. The number of carbonyl (C=O) groups is 2. The van der Waals surface area contributed by atoms with Crippen LogP contribution in [0.1, 0.15) is 28.3 Å². The van der Waals surface area contributed by atoms with Crippen LogP contribution >= 0.6 is 11.6 Å². The molecular weight excluding hydrogens is 456 g/mol. The van der Waals surface area contributed by atoms with Crippen molar-refractivity contribution in [1.82, 2.24) is 9.88 Å². The standard InChI is InChI=1S/C26H23ClN2O5/c1-15-7-4-5-9-17(15)23-22(24(30)18-11-21(34-3)19(27)12-20(18)33-2)25(31)26(32)29(23)14-16-8-6-10-28-13-16/h4-13,23,30H,14H2,1-3H3/b24-22+. The average Bonchev–Trinajstić information content (AvgIpc) is 3.09. The zero-order valence-electron chi connectivity index (χ0n) is 18.9. The highest BCUT2D eigenvalue weighted by molar-refractivity contribution is 6.46. The summed E-state index contributed by atoms with van der Waals surface area (Å²) in [6.45, 7) is 2.04. The van der Waals surface area contributed by atoms with Crippen LogP contribution in [0.3, 0.4) is 0 Å². The Bertz CT molecular complexity index is 1290. The minimum absolute atomic E-state index is 0.0362. The molecular formula is C26H23ClN2O5. The third kappa shape index (κ3) is 4.10. The molecule has 0 bridgehead atoms. The van der Waals surface area contributed by atoms with E-state index in [-0.39, 0.29) is 34.2 Å². The van der Waals surface area contributed by atoms with E-state index < -0.39 is 17.7 Å². The van der Waals surface area contributed by atoms with Crippen LogP contribution in [0.15, 0.2) is 66.5 Å². The molecule has 1 atom stereocenters. The van der Waals surface area contributed by atoms with Gasteiger partial charge in [-0.1, -0.05) is 41.9 Å². The molecule has 0 radical (unpaired) electrons. The second kappa shape index (κ2) is 9.57. The number of carbonyl (C=O) groups excluding carboxylic acids is 2. The van der Waals surface area contributed by atoms with E-state index in [4.69, 9.17) is 21.1 Å². The molecule has 1 N–H and O–H groups in total. The third-order valence-electron chi connectivity index (χ3n) is 5.83. The molecule has 174 valence electrons. The molecule has 1 fully saturated rings. The molecule has 1 amide bonds. The Morgan fingerprint density at radius 2 is 1.82 bits per heavy atom. The summed E-state index contributed by atoms with van der Waals surface area (Å²) in [7, 11) is 2.87. The number of halogens is 1. The zero-order valence-corrected chi connectivity index (χ0v) is 19.7. The van der Waals surface area contributed by atoms with Gasteiger partial charge in [-0.2, -0.15) is 0 Å². The molecule has 8 heteroatoms. The van der Waals surface area contributed by atoms with Crippen molar-refractivity contribution in [2.45, 2.75) is 19.5 Å². The van der Waals surface area contributed by atoms with Gasteiger partial charge in [0.2, 0.25) is 0 Å². The van der Waals surface area contributed by atoms with E-state index in [9.17, 15) is 14.7 Å². The Morgan fingerprint density at radius 1 is 1.09 bits per heavy atom. The number of aromatic nitrogens is 1. The molecule has 1 aliphatic rings. The number of aliphatic hydroxyl groups excluding tert-OH is 1. The lowest BCUT2D eigenvalue weighted by Gasteiger charge is -2.26. The number of ether oxygens (including phenoxy) is 2. The van der Waals surface area contributed by atoms with Crippen LogP contribution in [-0.2, 0) is 16.1 Å². The summed E-state index contributed by atoms with van der Waals surface area (Å²) in [4.78, 5) is 32.1. The van der Waals surface area contributed by atoms with Gasteiger partial charge in [0.05, 0.1) is 36.4 Å². The lowest BCUT2D eigenvalue weighted by molar-refractivity contribution is -0.140. The van der Waals surface area contributed by atoms with Crippen molar-refractivity contribution < 1.29 is 24.2 Å². The maximum absolute atomic E-state index is 13.3. The summed E-state index contributed by atoms with van der Waals surface area (Å²) in [6, 6.07) is 13.2. The van der Waals surface area contributed by atoms with E-state index in [1.54, 1.807) is 18.5 Å². The SMILES string of the molecule is COc1cc(/C(O)=C2\C(=O)C(=O)N(Cc3cccnc3)C2c2ccccc2C)c(OC)cc1Cl.